The van der Waals surface area contributed by atoms with Gasteiger partial charge in [0.05, 0.1) is 12.8 Å². The number of amides is 1. The fourth-order valence-corrected chi connectivity index (χ4v) is 4.13. The van der Waals surface area contributed by atoms with Crippen molar-refractivity contribution in [2.75, 3.05) is 18.0 Å². The van der Waals surface area contributed by atoms with Crippen LogP contribution in [0, 0.1) is 12.8 Å². The molecule has 1 N–H and O–H groups in total. The molecule has 6 nitrogen and oxygen atoms in total. The van der Waals surface area contributed by atoms with Crippen molar-refractivity contribution in [2.45, 2.75) is 32.7 Å². The lowest BCUT2D eigenvalue weighted by Crippen LogP contribution is -2.40. The van der Waals surface area contributed by atoms with Gasteiger partial charge in [0, 0.05) is 37.0 Å². The molecular weight excluding hydrogens is 372 g/mol. The number of hydrogen-bond acceptors (Lipinski definition) is 6. The van der Waals surface area contributed by atoms with E-state index in [1.165, 1.54) is 22.7 Å². The number of piperidine rings is 1. The predicted octanol–water partition coefficient (Wildman–Crippen LogP) is 3.56. The first-order chi connectivity index (χ1) is 13.7. The molecule has 7 heteroatoms. The van der Waals surface area contributed by atoms with E-state index in [0.29, 0.717) is 6.54 Å². The number of nitrogens with one attached hydrogen (secondary N) is 1. The molecule has 3 aromatic rings. The third kappa shape index (κ3) is 4.59. The van der Waals surface area contributed by atoms with Gasteiger partial charge in [-0.2, -0.15) is 4.37 Å². The molecule has 0 saturated carbocycles. The van der Waals surface area contributed by atoms with E-state index in [-0.39, 0.29) is 11.8 Å². The smallest absolute Gasteiger partial charge is 0.223 e. The molecule has 1 amide bonds. The number of furan rings is 1. The largest absolute Gasteiger partial charge is 0.467 e. The molecule has 1 aliphatic heterocycles. The topological polar surface area (TPSA) is 71.3 Å². The van der Waals surface area contributed by atoms with Gasteiger partial charge in [0.1, 0.15) is 11.6 Å². The van der Waals surface area contributed by atoms with Gasteiger partial charge in [0.2, 0.25) is 11.0 Å². The Kier molecular flexibility index (Phi) is 5.71. The number of aromatic nitrogens is 2. The molecule has 1 aromatic carbocycles. The summed E-state index contributed by atoms with van der Waals surface area (Å²) in [5.74, 6) is 1.79. The summed E-state index contributed by atoms with van der Waals surface area (Å²) in [6, 6.07) is 12.2. The molecule has 146 valence electrons. The Bertz CT molecular complexity index is 897. The molecule has 0 spiro atoms. The predicted molar refractivity (Wildman–Crippen MR) is 109 cm³/mol. The maximum Gasteiger partial charge on any atom is 0.223 e. The monoisotopic (exact) mass is 396 g/mol. The lowest BCUT2D eigenvalue weighted by atomic mass is 9.96. The summed E-state index contributed by atoms with van der Waals surface area (Å²) in [6.45, 7) is 4.20. The Balaban J connectivity index is 1.27. The molecule has 0 radical (unpaired) electrons. The number of carbonyl (C=O) groups is 1. The van der Waals surface area contributed by atoms with Crippen LogP contribution in [-0.4, -0.2) is 28.4 Å². The summed E-state index contributed by atoms with van der Waals surface area (Å²) in [7, 11) is 0. The van der Waals surface area contributed by atoms with Crippen LogP contribution in [0.2, 0.25) is 0 Å². The Morgan fingerprint density at radius 1 is 1.25 bits per heavy atom. The Morgan fingerprint density at radius 2 is 2.04 bits per heavy atom. The van der Waals surface area contributed by atoms with E-state index < -0.39 is 0 Å². The fraction of sp³-hybridized carbons (Fsp3) is 0.381. The standard InChI is InChI=1S/C21H24N4O2S/c1-15-4-6-16(7-5-15)13-19-23-21(28-24-19)25-10-8-17(9-11-25)20(26)22-14-18-3-2-12-27-18/h2-7,12,17H,8-11,13-14H2,1H3,(H,22,26). The number of anilines is 1. The minimum atomic E-state index is 0.0474. The molecule has 0 unspecified atom stereocenters. The second kappa shape index (κ2) is 8.56. The third-order valence-corrected chi connectivity index (χ3v) is 5.91. The second-order valence-corrected chi connectivity index (χ2v) is 7.94. The molecule has 0 atom stereocenters. The fourth-order valence-electron chi connectivity index (χ4n) is 3.40. The van der Waals surface area contributed by atoms with Crippen LogP contribution in [0.1, 0.15) is 35.6 Å². The maximum absolute atomic E-state index is 12.4. The molecule has 1 aliphatic rings. The van der Waals surface area contributed by atoms with Crippen molar-refractivity contribution in [3.63, 3.8) is 0 Å². The van der Waals surface area contributed by atoms with Gasteiger partial charge in [-0.1, -0.05) is 29.8 Å². The normalized spacial score (nSPS) is 15.0. The summed E-state index contributed by atoms with van der Waals surface area (Å²) in [5.41, 5.74) is 2.48. The Morgan fingerprint density at radius 3 is 2.75 bits per heavy atom. The number of carbonyl (C=O) groups excluding carboxylic acids is 1. The van der Waals surface area contributed by atoms with Crippen molar-refractivity contribution in [1.29, 1.82) is 0 Å². The van der Waals surface area contributed by atoms with Crippen LogP contribution in [0.15, 0.2) is 47.1 Å². The highest BCUT2D eigenvalue weighted by atomic mass is 32.1. The van der Waals surface area contributed by atoms with Gasteiger partial charge in [-0.15, -0.1) is 0 Å². The minimum absolute atomic E-state index is 0.0474. The number of hydrogen-bond donors (Lipinski definition) is 1. The number of rotatable bonds is 6. The average Bonchev–Trinajstić information content (AvgIpc) is 3.40. The van der Waals surface area contributed by atoms with Gasteiger partial charge in [-0.05, 0) is 37.5 Å². The van der Waals surface area contributed by atoms with Crippen LogP contribution >= 0.6 is 11.5 Å². The first-order valence-electron chi connectivity index (χ1n) is 9.60. The minimum Gasteiger partial charge on any atom is -0.467 e. The average molecular weight is 397 g/mol. The zero-order valence-electron chi connectivity index (χ0n) is 15.9. The highest BCUT2D eigenvalue weighted by Gasteiger charge is 2.26. The molecule has 0 bridgehead atoms. The lowest BCUT2D eigenvalue weighted by Gasteiger charge is -2.30. The zero-order valence-corrected chi connectivity index (χ0v) is 16.7. The molecule has 1 saturated heterocycles. The second-order valence-electron chi connectivity index (χ2n) is 7.21. The Labute approximate surface area is 168 Å². The summed E-state index contributed by atoms with van der Waals surface area (Å²) in [4.78, 5) is 19.3. The van der Waals surface area contributed by atoms with Gasteiger partial charge >= 0.3 is 0 Å². The third-order valence-electron chi connectivity index (χ3n) is 5.09. The number of nitrogens with zero attached hydrogens (tertiary/aromatic N) is 3. The summed E-state index contributed by atoms with van der Waals surface area (Å²) < 4.78 is 9.78. The van der Waals surface area contributed by atoms with E-state index >= 15 is 0 Å². The van der Waals surface area contributed by atoms with Gasteiger partial charge < -0.3 is 14.6 Å². The molecule has 1 fully saturated rings. The van der Waals surface area contributed by atoms with Crippen LogP contribution in [0.3, 0.4) is 0 Å². The molecule has 3 heterocycles. The van der Waals surface area contributed by atoms with E-state index in [1.54, 1.807) is 6.26 Å². The van der Waals surface area contributed by atoms with Crippen molar-refractivity contribution in [1.82, 2.24) is 14.7 Å². The summed E-state index contributed by atoms with van der Waals surface area (Å²) >= 11 is 1.45. The molecule has 28 heavy (non-hydrogen) atoms. The van der Waals surface area contributed by atoms with Crippen LogP contribution in [0.4, 0.5) is 5.13 Å². The van der Waals surface area contributed by atoms with E-state index in [1.807, 2.05) is 12.1 Å². The van der Waals surface area contributed by atoms with Gasteiger partial charge in [0.15, 0.2) is 0 Å². The quantitative estimate of drug-likeness (QED) is 0.690. The first kappa shape index (κ1) is 18.7. The van der Waals surface area contributed by atoms with E-state index in [9.17, 15) is 4.79 Å². The lowest BCUT2D eigenvalue weighted by molar-refractivity contribution is -0.125. The number of benzene rings is 1. The van der Waals surface area contributed by atoms with Crippen molar-refractivity contribution in [2.24, 2.45) is 5.92 Å². The summed E-state index contributed by atoms with van der Waals surface area (Å²) in [5, 5.41) is 3.92. The SMILES string of the molecule is Cc1ccc(Cc2nsc(N3CCC(C(=O)NCc4ccco4)CC3)n2)cc1. The molecular formula is C21H24N4O2S. The highest BCUT2D eigenvalue weighted by Crippen LogP contribution is 2.25. The van der Waals surface area contributed by atoms with E-state index in [2.05, 4.69) is 45.8 Å². The Hall–Kier alpha value is -2.67. The van der Waals surface area contributed by atoms with Crippen LogP contribution < -0.4 is 10.2 Å². The molecule has 0 aliphatic carbocycles. The van der Waals surface area contributed by atoms with Gasteiger partial charge in [-0.25, -0.2) is 4.98 Å². The first-order valence-corrected chi connectivity index (χ1v) is 10.4. The molecule has 2 aromatic heterocycles. The van der Waals surface area contributed by atoms with E-state index in [4.69, 9.17) is 9.40 Å². The van der Waals surface area contributed by atoms with Crippen LogP contribution in [-0.2, 0) is 17.8 Å². The molecule has 4 rings (SSSR count). The van der Waals surface area contributed by atoms with Crippen molar-refractivity contribution in [3.05, 3.63) is 65.4 Å². The zero-order chi connectivity index (χ0) is 19.3. The van der Waals surface area contributed by atoms with Crippen molar-refractivity contribution in [3.8, 4) is 0 Å². The van der Waals surface area contributed by atoms with Gasteiger partial charge in [-0.3, -0.25) is 4.79 Å². The summed E-state index contributed by atoms with van der Waals surface area (Å²) in [6.07, 6.45) is 4.03. The maximum atomic E-state index is 12.4. The van der Waals surface area contributed by atoms with Crippen molar-refractivity contribution < 1.29 is 9.21 Å². The van der Waals surface area contributed by atoms with Gasteiger partial charge in [0.25, 0.3) is 0 Å². The van der Waals surface area contributed by atoms with Crippen molar-refractivity contribution >= 4 is 22.6 Å². The highest BCUT2D eigenvalue weighted by molar-refractivity contribution is 7.09. The number of aryl methyl sites for hydroxylation is 1. The van der Waals surface area contributed by atoms with Crippen LogP contribution in [0.25, 0.3) is 0 Å². The van der Waals surface area contributed by atoms with E-state index in [0.717, 1.165) is 49.1 Å². The van der Waals surface area contributed by atoms with Crippen LogP contribution in [0.5, 0.6) is 0 Å².